The largest absolute Gasteiger partial charge is 0.375 e. The van der Waals surface area contributed by atoms with E-state index in [1.165, 1.54) is 0 Å². The Labute approximate surface area is 130 Å². The molecule has 1 atom stereocenters. The summed E-state index contributed by atoms with van der Waals surface area (Å²) in [6, 6.07) is 5.30. The molecular weight excluding hydrogens is 296 g/mol. The summed E-state index contributed by atoms with van der Waals surface area (Å²) in [6.45, 7) is 4.85. The number of ether oxygens (including phenoxy) is 1. The quantitative estimate of drug-likeness (QED) is 0.626. The number of rotatable bonds is 3. The summed E-state index contributed by atoms with van der Waals surface area (Å²) in [7, 11) is 0. The fourth-order valence-corrected chi connectivity index (χ4v) is 2.63. The average Bonchev–Trinajstić information content (AvgIpc) is 3.27. The van der Waals surface area contributed by atoms with E-state index in [4.69, 9.17) is 4.74 Å². The molecule has 1 unspecified atom stereocenters. The van der Waals surface area contributed by atoms with Gasteiger partial charge in [-0.2, -0.15) is 5.21 Å². The molecule has 2 aromatic heterocycles. The molecule has 3 N–H and O–H groups in total. The van der Waals surface area contributed by atoms with Crippen LogP contribution in [0.25, 0.3) is 22.3 Å². The molecule has 1 aromatic carbocycles. The molecule has 1 aliphatic heterocycles. The highest BCUT2D eigenvalue weighted by Gasteiger charge is 2.22. The standard InChI is InChI=1S/C15H14N6O2/c1-8-6-23-7-13(8)17-15(22)9-2-3-12-10(4-9)11(5-16-12)14-18-20-21-19-14/h2-5,13,16H,1,6-7H2,(H,17,22)(H,18,19,20,21). The van der Waals surface area contributed by atoms with Crippen LogP contribution in [-0.2, 0) is 4.74 Å². The van der Waals surface area contributed by atoms with Gasteiger partial charge in [0.25, 0.3) is 5.91 Å². The molecule has 8 heteroatoms. The predicted molar refractivity (Wildman–Crippen MR) is 82.7 cm³/mol. The molecule has 0 bridgehead atoms. The topological polar surface area (TPSA) is 109 Å². The van der Waals surface area contributed by atoms with E-state index < -0.39 is 0 Å². The number of carbonyl (C=O) groups is 1. The molecule has 3 aromatic rings. The number of benzene rings is 1. The molecule has 4 rings (SSSR count). The van der Waals surface area contributed by atoms with E-state index in [0.29, 0.717) is 24.6 Å². The van der Waals surface area contributed by atoms with Gasteiger partial charge < -0.3 is 15.0 Å². The van der Waals surface area contributed by atoms with Crippen molar-refractivity contribution in [2.75, 3.05) is 13.2 Å². The third kappa shape index (κ3) is 2.38. The van der Waals surface area contributed by atoms with Crippen LogP contribution in [0.15, 0.2) is 36.5 Å². The Morgan fingerprint density at radius 1 is 1.43 bits per heavy atom. The number of amides is 1. The zero-order valence-electron chi connectivity index (χ0n) is 12.2. The van der Waals surface area contributed by atoms with Crippen molar-refractivity contribution in [3.05, 3.63) is 42.1 Å². The molecule has 1 saturated heterocycles. The zero-order chi connectivity index (χ0) is 15.8. The summed E-state index contributed by atoms with van der Waals surface area (Å²) in [5, 5.41) is 17.7. The van der Waals surface area contributed by atoms with Crippen molar-refractivity contribution in [2.45, 2.75) is 6.04 Å². The lowest BCUT2D eigenvalue weighted by Gasteiger charge is -2.12. The van der Waals surface area contributed by atoms with Crippen LogP contribution < -0.4 is 5.32 Å². The first-order valence-electron chi connectivity index (χ1n) is 7.13. The van der Waals surface area contributed by atoms with Crippen LogP contribution in [0.3, 0.4) is 0 Å². The number of hydrogen-bond donors (Lipinski definition) is 3. The highest BCUT2D eigenvalue weighted by atomic mass is 16.5. The van der Waals surface area contributed by atoms with Gasteiger partial charge >= 0.3 is 0 Å². The van der Waals surface area contributed by atoms with Crippen LogP contribution >= 0.6 is 0 Å². The highest BCUT2D eigenvalue weighted by Crippen LogP contribution is 2.26. The number of carbonyl (C=O) groups excluding carboxylic acids is 1. The summed E-state index contributed by atoms with van der Waals surface area (Å²) in [4.78, 5) is 15.6. The van der Waals surface area contributed by atoms with Crippen LogP contribution in [0.4, 0.5) is 0 Å². The maximum Gasteiger partial charge on any atom is 0.251 e. The van der Waals surface area contributed by atoms with Gasteiger partial charge in [-0.25, -0.2) is 0 Å². The number of hydrogen-bond acceptors (Lipinski definition) is 5. The Morgan fingerprint density at radius 3 is 3.09 bits per heavy atom. The molecule has 116 valence electrons. The first kappa shape index (κ1) is 13.6. The van der Waals surface area contributed by atoms with E-state index in [0.717, 1.165) is 22.0 Å². The number of H-pyrrole nitrogens is 2. The van der Waals surface area contributed by atoms with Crippen molar-refractivity contribution in [3.8, 4) is 11.4 Å². The molecular formula is C15H14N6O2. The Balaban J connectivity index is 1.66. The first-order valence-corrected chi connectivity index (χ1v) is 7.13. The Morgan fingerprint density at radius 2 is 2.35 bits per heavy atom. The van der Waals surface area contributed by atoms with Gasteiger partial charge in [0, 0.05) is 28.2 Å². The minimum absolute atomic E-state index is 0.138. The second kappa shape index (κ2) is 5.33. The third-order valence-electron chi connectivity index (χ3n) is 3.90. The Kier molecular flexibility index (Phi) is 3.16. The zero-order valence-corrected chi connectivity index (χ0v) is 12.2. The lowest BCUT2D eigenvalue weighted by molar-refractivity contribution is 0.0932. The molecule has 3 heterocycles. The molecule has 23 heavy (non-hydrogen) atoms. The normalized spacial score (nSPS) is 17.7. The van der Waals surface area contributed by atoms with E-state index >= 15 is 0 Å². The average molecular weight is 310 g/mol. The molecule has 1 aliphatic rings. The molecule has 8 nitrogen and oxygen atoms in total. The molecule has 0 spiro atoms. The van der Waals surface area contributed by atoms with E-state index in [2.05, 4.69) is 37.5 Å². The van der Waals surface area contributed by atoms with E-state index in [9.17, 15) is 4.79 Å². The summed E-state index contributed by atoms with van der Waals surface area (Å²) < 4.78 is 5.29. The van der Waals surface area contributed by atoms with Crippen LogP contribution in [-0.4, -0.2) is 50.8 Å². The molecule has 0 aliphatic carbocycles. The third-order valence-corrected chi connectivity index (χ3v) is 3.90. The van der Waals surface area contributed by atoms with Crippen molar-refractivity contribution in [3.63, 3.8) is 0 Å². The monoisotopic (exact) mass is 310 g/mol. The lowest BCUT2D eigenvalue weighted by atomic mass is 10.1. The van der Waals surface area contributed by atoms with E-state index in [1.807, 2.05) is 12.1 Å². The van der Waals surface area contributed by atoms with E-state index in [-0.39, 0.29) is 11.9 Å². The summed E-state index contributed by atoms with van der Waals surface area (Å²) in [5.74, 6) is 0.315. The lowest BCUT2D eigenvalue weighted by Crippen LogP contribution is -2.36. The number of tetrazole rings is 1. The molecule has 0 saturated carbocycles. The van der Waals surface area contributed by atoms with Gasteiger partial charge in [0.05, 0.1) is 19.3 Å². The van der Waals surface area contributed by atoms with Crippen LogP contribution in [0, 0.1) is 0 Å². The minimum atomic E-state index is -0.163. The van der Waals surface area contributed by atoms with Crippen LogP contribution in [0.5, 0.6) is 0 Å². The maximum atomic E-state index is 12.4. The summed E-state index contributed by atoms with van der Waals surface area (Å²) in [6.07, 6.45) is 1.80. The SMILES string of the molecule is C=C1COCC1NC(=O)c1ccc2[nH]cc(-c3nn[nH]n3)c2c1. The van der Waals surface area contributed by atoms with Gasteiger partial charge in [-0.1, -0.05) is 6.58 Å². The molecule has 1 fully saturated rings. The van der Waals surface area contributed by atoms with Gasteiger partial charge in [0.2, 0.25) is 5.82 Å². The smallest absolute Gasteiger partial charge is 0.251 e. The number of aromatic amines is 2. The van der Waals surface area contributed by atoms with Gasteiger partial charge in [-0.15, -0.1) is 10.2 Å². The number of aromatic nitrogens is 5. The van der Waals surface area contributed by atoms with Crippen molar-refractivity contribution in [1.82, 2.24) is 30.9 Å². The number of fused-ring (bicyclic) bond motifs is 1. The van der Waals surface area contributed by atoms with Crippen molar-refractivity contribution in [2.24, 2.45) is 0 Å². The number of nitrogens with zero attached hydrogens (tertiary/aromatic N) is 3. The number of nitrogens with one attached hydrogen (secondary N) is 3. The van der Waals surface area contributed by atoms with Crippen molar-refractivity contribution in [1.29, 1.82) is 0 Å². The van der Waals surface area contributed by atoms with Crippen LogP contribution in [0.2, 0.25) is 0 Å². The minimum Gasteiger partial charge on any atom is -0.375 e. The fraction of sp³-hybridized carbons (Fsp3) is 0.200. The first-order chi connectivity index (χ1) is 11.2. The van der Waals surface area contributed by atoms with Crippen LogP contribution in [0.1, 0.15) is 10.4 Å². The Bertz CT molecular complexity index is 883. The summed E-state index contributed by atoms with van der Waals surface area (Å²) >= 11 is 0. The molecule has 1 amide bonds. The van der Waals surface area contributed by atoms with Gasteiger partial charge in [-0.05, 0) is 29.0 Å². The van der Waals surface area contributed by atoms with Crippen molar-refractivity contribution < 1.29 is 9.53 Å². The van der Waals surface area contributed by atoms with Gasteiger partial charge in [-0.3, -0.25) is 4.79 Å². The molecule has 0 radical (unpaired) electrons. The second-order valence-corrected chi connectivity index (χ2v) is 5.40. The second-order valence-electron chi connectivity index (χ2n) is 5.40. The maximum absolute atomic E-state index is 12.4. The predicted octanol–water partition coefficient (Wildman–Crippen LogP) is 1.03. The Hall–Kier alpha value is -3.00. The van der Waals surface area contributed by atoms with Crippen molar-refractivity contribution >= 4 is 16.8 Å². The fourth-order valence-electron chi connectivity index (χ4n) is 2.63. The van der Waals surface area contributed by atoms with Gasteiger partial charge in [0.15, 0.2) is 0 Å². The summed E-state index contributed by atoms with van der Waals surface area (Å²) in [5.41, 5.74) is 3.13. The van der Waals surface area contributed by atoms with E-state index in [1.54, 1.807) is 12.3 Å². The highest BCUT2D eigenvalue weighted by molar-refractivity contribution is 6.02. The van der Waals surface area contributed by atoms with Gasteiger partial charge in [0.1, 0.15) is 0 Å².